The van der Waals surface area contributed by atoms with E-state index in [1.54, 1.807) is 12.4 Å². The molecule has 258 valence electrons. The third-order valence-electron chi connectivity index (χ3n) is 10.4. The van der Waals surface area contributed by atoms with Crippen LogP contribution in [-0.4, -0.2) is 82.1 Å². The van der Waals surface area contributed by atoms with E-state index in [-0.39, 0.29) is 24.0 Å². The first-order valence-corrected chi connectivity index (χ1v) is 17.8. The van der Waals surface area contributed by atoms with Crippen molar-refractivity contribution in [3.05, 3.63) is 53.2 Å². The minimum atomic E-state index is -0.409. The van der Waals surface area contributed by atoms with Gasteiger partial charge in [-0.15, -0.1) is 0 Å². The molecule has 2 aliphatic heterocycles. The molecule has 0 radical (unpaired) electrons. The normalized spacial score (nSPS) is 21.6. The lowest BCUT2D eigenvalue weighted by Crippen LogP contribution is -2.61. The summed E-state index contributed by atoms with van der Waals surface area (Å²) in [7, 11) is 0. The lowest BCUT2D eigenvalue weighted by atomic mass is 9.71. The standard InChI is InChI=1S/C38H56FN5O3/c1-26(2)44(27(3)4)36(46)33-20-32(39)13-12-30(33)19-31-21-40-25-41-35(31)43-16-14-38(15-17-43)23-42(24-38)22-29-10-8-28(9-11-29)18-34(45)47-37(5,6)7/h12-13,20-21,25-29H,8-11,14-19,22-24H2,1-7H3. The molecular formula is C38H56FN5O3. The topological polar surface area (TPSA) is 78.9 Å². The summed E-state index contributed by atoms with van der Waals surface area (Å²) in [6.45, 7) is 19.2. The van der Waals surface area contributed by atoms with Crippen molar-refractivity contribution in [3.63, 3.8) is 0 Å². The Hall–Kier alpha value is -3.07. The van der Waals surface area contributed by atoms with E-state index in [0.29, 0.717) is 29.7 Å². The molecule has 1 aliphatic carbocycles. The van der Waals surface area contributed by atoms with Crippen molar-refractivity contribution in [1.82, 2.24) is 19.8 Å². The molecule has 1 saturated carbocycles. The first-order chi connectivity index (χ1) is 22.2. The van der Waals surface area contributed by atoms with E-state index in [1.807, 2.05) is 59.6 Å². The number of ether oxygens (including phenoxy) is 1. The molecule has 5 rings (SSSR count). The molecule has 0 N–H and O–H groups in total. The first-order valence-electron chi connectivity index (χ1n) is 17.8. The highest BCUT2D eigenvalue weighted by Crippen LogP contribution is 2.43. The van der Waals surface area contributed by atoms with Crippen molar-refractivity contribution in [2.24, 2.45) is 17.3 Å². The zero-order valence-corrected chi connectivity index (χ0v) is 29.7. The molecule has 2 aromatic rings. The van der Waals surface area contributed by atoms with Crippen molar-refractivity contribution in [2.75, 3.05) is 37.6 Å². The number of piperidine rings is 1. The summed E-state index contributed by atoms with van der Waals surface area (Å²) >= 11 is 0. The van der Waals surface area contributed by atoms with Gasteiger partial charge in [0, 0.05) is 75.0 Å². The monoisotopic (exact) mass is 649 g/mol. The summed E-state index contributed by atoms with van der Waals surface area (Å²) in [5, 5.41) is 0. The summed E-state index contributed by atoms with van der Waals surface area (Å²) in [6, 6.07) is 4.56. The molecule has 3 fully saturated rings. The fraction of sp³-hybridized carbons (Fsp3) is 0.684. The highest BCUT2D eigenvalue weighted by Gasteiger charge is 2.45. The van der Waals surface area contributed by atoms with Crippen LogP contribution < -0.4 is 4.90 Å². The maximum absolute atomic E-state index is 14.4. The number of aromatic nitrogens is 2. The smallest absolute Gasteiger partial charge is 0.306 e. The zero-order chi connectivity index (χ0) is 33.9. The fourth-order valence-corrected chi connectivity index (χ4v) is 8.22. The van der Waals surface area contributed by atoms with Gasteiger partial charge < -0.3 is 19.4 Å². The number of amides is 1. The summed E-state index contributed by atoms with van der Waals surface area (Å²) < 4.78 is 20.0. The number of halogens is 1. The second-order valence-corrected chi connectivity index (χ2v) is 16.1. The van der Waals surface area contributed by atoms with E-state index < -0.39 is 11.4 Å². The van der Waals surface area contributed by atoms with Crippen LogP contribution in [0.4, 0.5) is 10.2 Å². The predicted octanol–water partition coefficient (Wildman–Crippen LogP) is 6.91. The molecule has 2 saturated heterocycles. The van der Waals surface area contributed by atoms with E-state index in [4.69, 9.17) is 9.72 Å². The van der Waals surface area contributed by atoms with Gasteiger partial charge in [-0.3, -0.25) is 9.59 Å². The number of hydrogen-bond acceptors (Lipinski definition) is 7. The fourth-order valence-electron chi connectivity index (χ4n) is 8.22. The van der Waals surface area contributed by atoms with Gasteiger partial charge >= 0.3 is 5.97 Å². The Bertz CT molecular complexity index is 1370. The molecule has 0 atom stereocenters. The summed E-state index contributed by atoms with van der Waals surface area (Å²) in [5.74, 6) is 1.50. The average Bonchev–Trinajstić information content (AvgIpc) is 2.97. The quantitative estimate of drug-likeness (QED) is 0.259. The number of anilines is 1. The molecule has 0 bridgehead atoms. The summed E-state index contributed by atoms with van der Waals surface area (Å²) in [6.07, 6.45) is 11.4. The van der Waals surface area contributed by atoms with Crippen LogP contribution in [0.3, 0.4) is 0 Å². The molecule has 1 spiro atoms. The van der Waals surface area contributed by atoms with Crippen LogP contribution >= 0.6 is 0 Å². The van der Waals surface area contributed by atoms with Gasteiger partial charge in [-0.1, -0.05) is 6.07 Å². The lowest BCUT2D eigenvalue weighted by Gasteiger charge is -2.55. The summed E-state index contributed by atoms with van der Waals surface area (Å²) in [5.41, 5.74) is 2.13. The van der Waals surface area contributed by atoms with Gasteiger partial charge in [0.2, 0.25) is 0 Å². The maximum atomic E-state index is 14.4. The third-order valence-corrected chi connectivity index (χ3v) is 10.4. The molecule has 1 aromatic heterocycles. The van der Waals surface area contributed by atoms with Gasteiger partial charge in [0.25, 0.3) is 5.91 Å². The molecule has 8 nitrogen and oxygen atoms in total. The SMILES string of the molecule is CC(C)N(C(=O)c1cc(F)ccc1Cc1cncnc1N1CCC2(CC1)CN(CC1CCC(CC(=O)OC(C)(C)C)CC1)C2)C(C)C. The zero-order valence-electron chi connectivity index (χ0n) is 29.7. The Morgan fingerprint density at radius 1 is 1.00 bits per heavy atom. The van der Waals surface area contributed by atoms with Crippen LogP contribution in [0, 0.1) is 23.1 Å². The number of benzene rings is 1. The van der Waals surface area contributed by atoms with Crippen LogP contribution in [0.2, 0.25) is 0 Å². The first kappa shape index (κ1) is 35.2. The number of hydrogen-bond donors (Lipinski definition) is 0. The second kappa shape index (κ2) is 14.6. The van der Waals surface area contributed by atoms with Gasteiger partial charge in [0.1, 0.15) is 23.6 Å². The molecular weight excluding hydrogens is 593 g/mol. The molecule has 47 heavy (non-hydrogen) atoms. The number of esters is 1. The maximum Gasteiger partial charge on any atom is 0.306 e. The van der Waals surface area contributed by atoms with Gasteiger partial charge in [-0.05, 0) is 122 Å². The van der Waals surface area contributed by atoms with Crippen molar-refractivity contribution < 1.29 is 18.7 Å². The van der Waals surface area contributed by atoms with Crippen LogP contribution in [0.5, 0.6) is 0 Å². The number of likely N-dealkylation sites (tertiary alicyclic amines) is 1. The largest absolute Gasteiger partial charge is 0.460 e. The van der Waals surface area contributed by atoms with Crippen molar-refractivity contribution >= 4 is 17.7 Å². The van der Waals surface area contributed by atoms with Crippen molar-refractivity contribution in [1.29, 1.82) is 0 Å². The highest BCUT2D eigenvalue weighted by atomic mass is 19.1. The average molecular weight is 650 g/mol. The van der Waals surface area contributed by atoms with E-state index in [0.717, 1.165) is 61.6 Å². The van der Waals surface area contributed by atoms with Crippen LogP contribution in [0.25, 0.3) is 0 Å². The van der Waals surface area contributed by atoms with Crippen LogP contribution in [0.15, 0.2) is 30.7 Å². The second-order valence-electron chi connectivity index (χ2n) is 16.1. The highest BCUT2D eigenvalue weighted by molar-refractivity contribution is 5.96. The van der Waals surface area contributed by atoms with Crippen molar-refractivity contribution in [2.45, 2.75) is 118 Å². The van der Waals surface area contributed by atoms with Gasteiger partial charge in [-0.25, -0.2) is 14.4 Å². The van der Waals surface area contributed by atoms with Gasteiger partial charge in [0.05, 0.1) is 0 Å². The minimum Gasteiger partial charge on any atom is -0.460 e. The molecule has 1 aromatic carbocycles. The molecule has 3 aliphatic rings. The lowest BCUT2D eigenvalue weighted by molar-refractivity contribution is -0.156. The molecule has 9 heteroatoms. The number of rotatable bonds is 10. The third kappa shape index (κ3) is 8.89. The van der Waals surface area contributed by atoms with Crippen LogP contribution in [-0.2, 0) is 16.0 Å². The van der Waals surface area contributed by atoms with Crippen molar-refractivity contribution in [3.8, 4) is 0 Å². The number of carbonyl (C=O) groups is 2. The van der Waals surface area contributed by atoms with Gasteiger partial charge in [0.15, 0.2) is 0 Å². The van der Waals surface area contributed by atoms with E-state index in [1.165, 1.54) is 44.6 Å². The Morgan fingerprint density at radius 2 is 1.64 bits per heavy atom. The van der Waals surface area contributed by atoms with E-state index >= 15 is 0 Å². The molecule has 1 amide bonds. The van der Waals surface area contributed by atoms with E-state index in [2.05, 4.69) is 14.8 Å². The number of carbonyl (C=O) groups excluding carboxylic acids is 2. The predicted molar refractivity (Wildman–Crippen MR) is 184 cm³/mol. The Labute approximate surface area is 281 Å². The molecule has 3 heterocycles. The Morgan fingerprint density at radius 3 is 2.26 bits per heavy atom. The van der Waals surface area contributed by atoms with Crippen LogP contribution in [0.1, 0.15) is 115 Å². The van der Waals surface area contributed by atoms with E-state index in [9.17, 15) is 14.0 Å². The summed E-state index contributed by atoms with van der Waals surface area (Å²) in [4.78, 5) is 41.8. The molecule has 0 unspecified atom stereocenters. The minimum absolute atomic E-state index is 0.00294. The Kier molecular flexibility index (Phi) is 10.9. The Balaban J connectivity index is 1.13. The number of nitrogens with zero attached hydrogens (tertiary/aromatic N) is 5. The van der Waals surface area contributed by atoms with Gasteiger partial charge in [-0.2, -0.15) is 0 Å².